The number of hydrogen-bond acceptors (Lipinski definition) is 1. The van der Waals surface area contributed by atoms with Crippen LogP contribution >= 0.6 is 11.6 Å². The molecule has 0 bridgehead atoms. The Kier molecular flexibility index (Phi) is 5.84. The van der Waals surface area contributed by atoms with Gasteiger partial charge in [-0.1, -0.05) is 74.8 Å². The van der Waals surface area contributed by atoms with Crippen molar-refractivity contribution in [2.24, 2.45) is 5.92 Å². The summed E-state index contributed by atoms with van der Waals surface area (Å²) < 4.78 is 0. The summed E-state index contributed by atoms with van der Waals surface area (Å²) in [6.45, 7) is 7.47. The van der Waals surface area contributed by atoms with Crippen molar-refractivity contribution in [3.8, 4) is 0 Å². The maximum atomic E-state index is 6.23. The molecular formula is C19H24ClN. The van der Waals surface area contributed by atoms with E-state index < -0.39 is 0 Å². The van der Waals surface area contributed by atoms with Gasteiger partial charge in [-0.05, 0) is 35.1 Å². The molecule has 112 valence electrons. The summed E-state index contributed by atoms with van der Waals surface area (Å²) in [5, 5.41) is 4.47. The normalized spacial score (nSPS) is 12.6. The number of aryl methyl sites for hydroxylation is 1. The summed E-state index contributed by atoms with van der Waals surface area (Å²) in [5.74, 6) is 0.528. The molecule has 2 aromatic rings. The molecule has 1 nitrogen and oxygen atoms in total. The van der Waals surface area contributed by atoms with Gasteiger partial charge < -0.3 is 5.32 Å². The lowest BCUT2D eigenvalue weighted by Crippen LogP contribution is -2.25. The number of halogens is 1. The fraction of sp³-hybridized carbons (Fsp3) is 0.368. The van der Waals surface area contributed by atoms with E-state index in [1.807, 2.05) is 18.2 Å². The quantitative estimate of drug-likeness (QED) is 0.754. The number of nitrogens with one attached hydrogen (secondary N) is 1. The Balaban J connectivity index is 2.10. The van der Waals surface area contributed by atoms with Gasteiger partial charge in [-0.2, -0.15) is 0 Å². The third-order valence-corrected chi connectivity index (χ3v) is 4.25. The average Bonchev–Trinajstić information content (AvgIpc) is 2.49. The van der Waals surface area contributed by atoms with Crippen molar-refractivity contribution in [3.05, 3.63) is 70.2 Å². The summed E-state index contributed by atoms with van der Waals surface area (Å²) in [7, 11) is 0. The molecule has 1 atom stereocenters. The molecule has 2 rings (SSSR count). The molecule has 0 radical (unpaired) electrons. The molecular weight excluding hydrogens is 278 g/mol. The van der Waals surface area contributed by atoms with Crippen LogP contribution in [0.15, 0.2) is 48.5 Å². The van der Waals surface area contributed by atoms with E-state index in [2.05, 4.69) is 56.4 Å². The van der Waals surface area contributed by atoms with E-state index in [-0.39, 0.29) is 0 Å². The van der Waals surface area contributed by atoms with Gasteiger partial charge in [-0.25, -0.2) is 0 Å². The average molecular weight is 302 g/mol. The largest absolute Gasteiger partial charge is 0.306 e. The smallest absolute Gasteiger partial charge is 0.0450 e. The molecule has 0 aliphatic heterocycles. The van der Waals surface area contributed by atoms with Crippen molar-refractivity contribution in [3.63, 3.8) is 0 Å². The predicted octanol–water partition coefficient (Wildman–Crippen LogP) is 5.39. The van der Waals surface area contributed by atoms with Crippen LogP contribution in [0, 0.1) is 5.92 Å². The first-order valence-electron chi connectivity index (χ1n) is 7.67. The van der Waals surface area contributed by atoms with Crippen LogP contribution in [0.4, 0.5) is 0 Å². The van der Waals surface area contributed by atoms with Crippen LogP contribution < -0.4 is 5.32 Å². The fourth-order valence-electron chi connectivity index (χ4n) is 2.56. The van der Waals surface area contributed by atoms with Gasteiger partial charge in [0, 0.05) is 17.6 Å². The van der Waals surface area contributed by atoms with Crippen molar-refractivity contribution >= 4 is 11.6 Å². The van der Waals surface area contributed by atoms with Crippen LogP contribution in [0.25, 0.3) is 0 Å². The molecule has 0 amide bonds. The Bertz CT molecular complexity index is 560. The molecule has 0 saturated heterocycles. The summed E-state index contributed by atoms with van der Waals surface area (Å²) in [6.07, 6.45) is 1.08. The summed E-state index contributed by atoms with van der Waals surface area (Å²) >= 11 is 6.23. The highest BCUT2D eigenvalue weighted by atomic mass is 35.5. The van der Waals surface area contributed by atoms with E-state index in [0.29, 0.717) is 12.0 Å². The van der Waals surface area contributed by atoms with Gasteiger partial charge >= 0.3 is 0 Å². The zero-order chi connectivity index (χ0) is 15.2. The van der Waals surface area contributed by atoms with Gasteiger partial charge in [0.05, 0.1) is 0 Å². The monoisotopic (exact) mass is 301 g/mol. The van der Waals surface area contributed by atoms with Gasteiger partial charge in [0.2, 0.25) is 0 Å². The molecule has 2 heteroatoms. The minimum absolute atomic E-state index is 0.340. The molecule has 2 aromatic carbocycles. The van der Waals surface area contributed by atoms with Crippen LogP contribution in [0.5, 0.6) is 0 Å². The Labute approximate surface area is 133 Å². The van der Waals surface area contributed by atoms with E-state index in [9.17, 15) is 0 Å². The molecule has 0 heterocycles. The van der Waals surface area contributed by atoms with Gasteiger partial charge in [0.1, 0.15) is 0 Å². The van der Waals surface area contributed by atoms with Crippen LogP contribution in [-0.4, -0.2) is 0 Å². The second kappa shape index (κ2) is 7.63. The minimum atomic E-state index is 0.340. The zero-order valence-electron chi connectivity index (χ0n) is 13.1. The summed E-state index contributed by atoms with van der Waals surface area (Å²) in [5.41, 5.74) is 3.87. The highest BCUT2D eigenvalue weighted by Crippen LogP contribution is 2.24. The van der Waals surface area contributed by atoms with Crippen LogP contribution in [0.2, 0.25) is 5.02 Å². The van der Waals surface area contributed by atoms with Crippen LogP contribution in [0.1, 0.15) is 43.5 Å². The van der Waals surface area contributed by atoms with Gasteiger partial charge in [-0.15, -0.1) is 0 Å². The number of hydrogen-bond donors (Lipinski definition) is 1. The van der Waals surface area contributed by atoms with Gasteiger partial charge in [-0.3, -0.25) is 0 Å². The maximum Gasteiger partial charge on any atom is 0.0450 e. The highest BCUT2D eigenvalue weighted by Gasteiger charge is 2.15. The Morgan fingerprint density at radius 3 is 2.24 bits per heavy atom. The summed E-state index contributed by atoms with van der Waals surface area (Å²) in [6, 6.07) is 17.3. The predicted molar refractivity (Wildman–Crippen MR) is 91.7 cm³/mol. The highest BCUT2D eigenvalue weighted by molar-refractivity contribution is 6.31. The van der Waals surface area contributed by atoms with Gasteiger partial charge in [0.15, 0.2) is 0 Å². The van der Waals surface area contributed by atoms with Crippen LogP contribution in [0.3, 0.4) is 0 Å². The maximum absolute atomic E-state index is 6.23. The molecule has 0 aliphatic carbocycles. The Hall–Kier alpha value is -1.31. The molecule has 21 heavy (non-hydrogen) atoms. The second-order valence-corrected chi connectivity index (χ2v) is 6.20. The number of rotatable bonds is 6. The molecule has 1 unspecified atom stereocenters. The van der Waals surface area contributed by atoms with E-state index in [1.165, 1.54) is 11.1 Å². The van der Waals surface area contributed by atoms with Crippen LogP contribution in [-0.2, 0) is 13.0 Å². The standard InChI is InChI=1S/C19H24ClN/c1-4-15-9-11-16(12-10-15)19(14(2)3)21-13-17-7-5-6-8-18(17)20/h5-12,14,19,21H,4,13H2,1-3H3. The number of benzene rings is 2. The van der Waals surface area contributed by atoms with Crippen molar-refractivity contribution in [1.82, 2.24) is 5.32 Å². The molecule has 1 N–H and O–H groups in total. The second-order valence-electron chi connectivity index (χ2n) is 5.79. The lowest BCUT2D eigenvalue weighted by atomic mass is 9.94. The SMILES string of the molecule is CCc1ccc(C(NCc2ccccc2Cl)C(C)C)cc1. The molecule has 0 aliphatic rings. The van der Waals surface area contributed by atoms with E-state index >= 15 is 0 Å². The topological polar surface area (TPSA) is 12.0 Å². The van der Waals surface area contributed by atoms with Crippen molar-refractivity contribution in [1.29, 1.82) is 0 Å². The zero-order valence-corrected chi connectivity index (χ0v) is 13.8. The van der Waals surface area contributed by atoms with Crippen molar-refractivity contribution < 1.29 is 0 Å². The third kappa shape index (κ3) is 4.33. The van der Waals surface area contributed by atoms with Gasteiger partial charge in [0.25, 0.3) is 0 Å². The fourth-order valence-corrected chi connectivity index (χ4v) is 2.76. The summed E-state index contributed by atoms with van der Waals surface area (Å²) in [4.78, 5) is 0. The molecule has 0 fully saturated rings. The van der Waals surface area contributed by atoms with E-state index in [4.69, 9.17) is 11.6 Å². The van der Waals surface area contributed by atoms with Crippen molar-refractivity contribution in [2.45, 2.75) is 39.8 Å². The minimum Gasteiger partial charge on any atom is -0.306 e. The first-order valence-corrected chi connectivity index (χ1v) is 8.05. The Morgan fingerprint density at radius 1 is 1.00 bits per heavy atom. The van der Waals surface area contributed by atoms with E-state index in [0.717, 1.165) is 23.6 Å². The molecule has 0 spiro atoms. The molecule has 0 saturated carbocycles. The first kappa shape index (κ1) is 16.1. The third-order valence-electron chi connectivity index (χ3n) is 3.88. The van der Waals surface area contributed by atoms with Crippen molar-refractivity contribution in [2.75, 3.05) is 0 Å². The van der Waals surface area contributed by atoms with E-state index in [1.54, 1.807) is 0 Å². The Morgan fingerprint density at radius 2 is 1.67 bits per heavy atom. The lowest BCUT2D eigenvalue weighted by Gasteiger charge is -2.23. The lowest BCUT2D eigenvalue weighted by molar-refractivity contribution is 0.410. The molecule has 0 aromatic heterocycles. The first-order chi connectivity index (χ1) is 10.1.